The molecule has 1 rings (SSSR count). The lowest BCUT2D eigenvalue weighted by molar-refractivity contribution is 0.0164. The fourth-order valence-electron chi connectivity index (χ4n) is 2.72. The number of amides is 1. The zero-order chi connectivity index (χ0) is 15.2. The van der Waals surface area contributed by atoms with Gasteiger partial charge in [-0.3, -0.25) is 0 Å². The first-order chi connectivity index (χ1) is 9.37. The zero-order valence-corrected chi connectivity index (χ0v) is 13.3. The van der Waals surface area contributed by atoms with Gasteiger partial charge in [-0.2, -0.15) is 0 Å². The lowest BCUT2D eigenvalue weighted by Gasteiger charge is -2.36. The standard InChI is InChI=1S/C15H30N2O3/c1-5-16-13(8-11-18)12-6-9-17(10-7-12)14(19)20-15(2,3)4/h12-13,16,18H,5-11H2,1-4H3/t13-/m1/s1. The van der Waals surface area contributed by atoms with Crippen molar-refractivity contribution in [1.29, 1.82) is 0 Å². The number of carbonyl (C=O) groups is 1. The molecule has 1 aliphatic heterocycles. The summed E-state index contributed by atoms with van der Waals surface area (Å²) in [7, 11) is 0. The molecule has 0 aromatic rings. The number of nitrogens with zero attached hydrogens (tertiary/aromatic N) is 1. The second kappa shape index (κ2) is 7.84. The summed E-state index contributed by atoms with van der Waals surface area (Å²) in [5, 5.41) is 12.6. The van der Waals surface area contributed by atoms with Gasteiger partial charge in [-0.25, -0.2) is 4.79 Å². The Balaban J connectivity index is 2.44. The number of hydrogen-bond acceptors (Lipinski definition) is 4. The van der Waals surface area contributed by atoms with Gasteiger partial charge in [0, 0.05) is 25.7 Å². The number of piperidine rings is 1. The van der Waals surface area contributed by atoms with Crippen LogP contribution < -0.4 is 5.32 Å². The van der Waals surface area contributed by atoms with Gasteiger partial charge in [0.2, 0.25) is 0 Å². The Kier molecular flexibility index (Phi) is 6.76. The molecule has 0 unspecified atom stereocenters. The van der Waals surface area contributed by atoms with Crippen LogP contribution in [0.2, 0.25) is 0 Å². The van der Waals surface area contributed by atoms with Crippen LogP contribution in [0.3, 0.4) is 0 Å². The van der Waals surface area contributed by atoms with Gasteiger partial charge in [-0.15, -0.1) is 0 Å². The van der Waals surface area contributed by atoms with Crippen LogP contribution in [0.5, 0.6) is 0 Å². The second-order valence-corrected chi connectivity index (χ2v) is 6.48. The third kappa shape index (κ3) is 5.67. The fourth-order valence-corrected chi connectivity index (χ4v) is 2.72. The molecule has 1 atom stereocenters. The summed E-state index contributed by atoms with van der Waals surface area (Å²) in [4.78, 5) is 13.8. The fraction of sp³-hybridized carbons (Fsp3) is 0.933. The van der Waals surface area contributed by atoms with Crippen molar-refractivity contribution >= 4 is 6.09 Å². The molecule has 0 aromatic carbocycles. The Bertz CT molecular complexity index is 288. The van der Waals surface area contributed by atoms with E-state index in [1.54, 1.807) is 4.90 Å². The highest BCUT2D eigenvalue weighted by Crippen LogP contribution is 2.23. The Hall–Kier alpha value is -0.810. The van der Waals surface area contributed by atoms with Crippen molar-refractivity contribution in [3.05, 3.63) is 0 Å². The average molecular weight is 286 g/mol. The van der Waals surface area contributed by atoms with Crippen LogP contribution in [0.25, 0.3) is 0 Å². The van der Waals surface area contributed by atoms with Crippen molar-refractivity contribution in [3.8, 4) is 0 Å². The summed E-state index contributed by atoms with van der Waals surface area (Å²) in [5.41, 5.74) is -0.433. The maximum absolute atomic E-state index is 12.0. The third-order valence-electron chi connectivity index (χ3n) is 3.67. The largest absolute Gasteiger partial charge is 0.444 e. The van der Waals surface area contributed by atoms with Gasteiger partial charge in [0.05, 0.1) is 0 Å². The number of likely N-dealkylation sites (tertiary alicyclic amines) is 1. The molecule has 5 heteroatoms. The lowest BCUT2D eigenvalue weighted by atomic mass is 9.88. The van der Waals surface area contributed by atoms with Gasteiger partial charge >= 0.3 is 6.09 Å². The Morgan fingerprint density at radius 2 is 2.00 bits per heavy atom. The molecule has 0 radical (unpaired) electrons. The normalized spacial score (nSPS) is 18.9. The quantitative estimate of drug-likeness (QED) is 0.811. The SMILES string of the molecule is CCN[C@H](CCO)C1CCN(C(=O)OC(C)(C)C)CC1. The van der Waals surface area contributed by atoms with Gasteiger partial charge in [0.15, 0.2) is 0 Å². The summed E-state index contributed by atoms with van der Waals surface area (Å²) in [6.45, 7) is 10.4. The topological polar surface area (TPSA) is 61.8 Å². The van der Waals surface area contributed by atoms with Crippen LogP contribution in [0, 0.1) is 5.92 Å². The second-order valence-electron chi connectivity index (χ2n) is 6.48. The van der Waals surface area contributed by atoms with Crippen molar-refractivity contribution in [2.24, 2.45) is 5.92 Å². The summed E-state index contributed by atoms with van der Waals surface area (Å²) < 4.78 is 5.40. The Labute approximate surface area is 122 Å². The van der Waals surface area contributed by atoms with Gasteiger partial charge < -0.3 is 20.1 Å². The predicted octanol–water partition coefficient (Wildman–Crippen LogP) is 1.99. The van der Waals surface area contributed by atoms with Crippen LogP contribution in [-0.2, 0) is 4.74 Å². The van der Waals surface area contributed by atoms with Gasteiger partial charge in [-0.05, 0) is 52.5 Å². The molecule has 1 aliphatic rings. The number of aliphatic hydroxyl groups excluding tert-OH is 1. The van der Waals surface area contributed by atoms with Crippen LogP contribution in [0.1, 0.15) is 47.0 Å². The first kappa shape index (κ1) is 17.2. The summed E-state index contributed by atoms with van der Waals surface area (Å²) in [6.07, 6.45) is 2.51. The molecule has 2 N–H and O–H groups in total. The van der Waals surface area contributed by atoms with E-state index < -0.39 is 5.60 Å². The number of carbonyl (C=O) groups excluding carboxylic acids is 1. The first-order valence-corrected chi connectivity index (χ1v) is 7.69. The average Bonchev–Trinajstić information content (AvgIpc) is 2.37. The minimum atomic E-state index is -0.433. The molecule has 0 saturated carbocycles. The van der Waals surface area contributed by atoms with E-state index in [1.165, 1.54) is 0 Å². The molecule has 1 heterocycles. The Morgan fingerprint density at radius 3 is 2.45 bits per heavy atom. The molecule has 1 amide bonds. The molecule has 1 saturated heterocycles. The molecule has 5 nitrogen and oxygen atoms in total. The first-order valence-electron chi connectivity index (χ1n) is 7.69. The van der Waals surface area contributed by atoms with Gasteiger partial charge in [0.25, 0.3) is 0 Å². The number of ether oxygens (including phenoxy) is 1. The van der Waals surface area contributed by atoms with Crippen molar-refractivity contribution in [3.63, 3.8) is 0 Å². The molecule has 1 fully saturated rings. The molecule has 118 valence electrons. The zero-order valence-electron chi connectivity index (χ0n) is 13.3. The van der Waals surface area contributed by atoms with Crippen LogP contribution >= 0.6 is 0 Å². The van der Waals surface area contributed by atoms with E-state index in [9.17, 15) is 4.79 Å². The maximum Gasteiger partial charge on any atom is 0.410 e. The van der Waals surface area contributed by atoms with Crippen LogP contribution in [0.15, 0.2) is 0 Å². The van der Waals surface area contributed by atoms with Crippen molar-refractivity contribution < 1.29 is 14.6 Å². The van der Waals surface area contributed by atoms with E-state index in [4.69, 9.17) is 9.84 Å². The van der Waals surface area contributed by atoms with Crippen molar-refractivity contribution in [1.82, 2.24) is 10.2 Å². The van der Waals surface area contributed by atoms with Crippen LogP contribution in [0.4, 0.5) is 4.79 Å². The minimum Gasteiger partial charge on any atom is -0.444 e. The summed E-state index contributed by atoms with van der Waals surface area (Å²) >= 11 is 0. The molecular formula is C15H30N2O3. The molecule has 20 heavy (non-hydrogen) atoms. The van der Waals surface area contributed by atoms with E-state index in [0.29, 0.717) is 12.0 Å². The number of hydrogen-bond donors (Lipinski definition) is 2. The number of rotatable bonds is 5. The Morgan fingerprint density at radius 1 is 1.40 bits per heavy atom. The van der Waals surface area contributed by atoms with Gasteiger partial charge in [0.1, 0.15) is 5.60 Å². The highest BCUT2D eigenvalue weighted by atomic mass is 16.6. The smallest absolute Gasteiger partial charge is 0.410 e. The molecule has 0 aromatic heterocycles. The minimum absolute atomic E-state index is 0.210. The predicted molar refractivity (Wildman–Crippen MR) is 79.7 cm³/mol. The molecule has 0 bridgehead atoms. The lowest BCUT2D eigenvalue weighted by Crippen LogP contribution is -2.46. The van der Waals surface area contributed by atoms with E-state index in [1.807, 2.05) is 20.8 Å². The van der Waals surface area contributed by atoms with Crippen molar-refractivity contribution in [2.75, 3.05) is 26.2 Å². The number of nitrogens with one attached hydrogen (secondary N) is 1. The monoisotopic (exact) mass is 286 g/mol. The van der Waals surface area contributed by atoms with Crippen molar-refractivity contribution in [2.45, 2.75) is 58.6 Å². The number of aliphatic hydroxyl groups is 1. The third-order valence-corrected chi connectivity index (χ3v) is 3.67. The molecule has 0 spiro atoms. The maximum atomic E-state index is 12.0. The van der Waals surface area contributed by atoms with Crippen LogP contribution in [-0.4, -0.2) is 54.0 Å². The highest BCUT2D eigenvalue weighted by molar-refractivity contribution is 5.68. The van der Waals surface area contributed by atoms with Gasteiger partial charge in [-0.1, -0.05) is 6.92 Å². The summed E-state index contributed by atoms with van der Waals surface area (Å²) in [5.74, 6) is 0.529. The molecular weight excluding hydrogens is 256 g/mol. The highest BCUT2D eigenvalue weighted by Gasteiger charge is 2.30. The van der Waals surface area contributed by atoms with E-state index >= 15 is 0 Å². The van der Waals surface area contributed by atoms with E-state index in [-0.39, 0.29) is 12.7 Å². The van der Waals surface area contributed by atoms with E-state index in [2.05, 4.69) is 12.2 Å². The molecule has 0 aliphatic carbocycles. The van der Waals surface area contributed by atoms with E-state index in [0.717, 1.165) is 38.9 Å². The summed E-state index contributed by atoms with van der Waals surface area (Å²) in [6, 6.07) is 0.353.